The first-order chi connectivity index (χ1) is 7.47. The highest BCUT2D eigenvalue weighted by Crippen LogP contribution is 2.49. The van der Waals surface area contributed by atoms with Gasteiger partial charge in [0.2, 0.25) is 0 Å². The predicted octanol–water partition coefficient (Wildman–Crippen LogP) is 5.94. The zero-order chi connectivity index (χ0) is 12.2. The quantitative estimate of drug-likeness (QED) is 0.444. The van der Waals surface area contributed by atoms with Gasteiger partial charge < -0.3 is 0 Å². The van der Waals surface area contributed by atoms with Crippen molar-refractivity contribution < 1.29 is 0 Å². The molecule has 0 aliphatic heterocycles. The second kappa shape index (κ2) is 5.89. The lowest BCUT2D eigenvalue weighted by Gasteiger charge is -2.30. The van der Waals surface area contributed by atoms with E-state index in [-0.39, 0.29) is 0 Å². The highest BCUT2D eigenvalue weighted by atomic mass is 79.9. The Balaban J connectivity index is 2.75. The molecule has 0 amide bonds. The maximum absolute atomic E-state index is 4.03. The molecule has 3 unspecified atom stereocenters. The second-order valence-corrected chi connectivity index (χ2v) is 7.93. The highest BCUT2D eigenvalue weighted by Gasteiger charge is 2.38. The molecule has 0 aromatic heterocycles. The van der Waals surface area contributed by atoms with Crippen LogP contribution in [-0.4, -0.2) is 4.32 Å². The standard InChI is InChI=1S/C15H29Br/c1-5-8-14(4)9-10-15(16,7-3)12-13(6-2)11-14/h13H,5-12H2,1-4H3. The average molecular weight is 289 g/mol. The molecule has 1 aliphatic rings. The molecule has 0 aromatic rings. The predicted molar refractivity (Wildman–Crippen MR) is 77.2 cm³/mol. The fourth-order valence-corrected chi connectivity index (χ4v) is 4.11. The van der Waals surface area contributed by atoms with Gasteiger partial charge >= 0.3 is 0 Å². The minimum atomic E-state index is 0.444. The van der Waals surface area contributed by atoms with E-state index >= 15 is 0 Å². The van der Waals surface area contributed by atoms with Crippen molar-refractivity contribution in [2.24, 2.45) is 11.3 Å². The molecule has 0 saturated heterocycles. The van der Waals surface area contributed by atoms with Crippen molar-refractivity contribution >= 4 is 15.9 Å². The van der Waals surface area contributed by atoms with E-state index in [0.717, 1.165) is 5.92 Å². The number of rotatable bonds is 4. The van der Waals surface area contributed by atoms with E-state index in [1.165, 1.54) is 51.4 Å². The largest absolute Gasteiger partial charge is 0.0853 e. The number of halogens is 1. The van der Waals surface area contributed by atoms with Crippen LogP contribution < -0.4 is 0 Å². The Morgan fingerprint density at radius 1 is 1.12 bits per heavy atom. The van der Waals surface area contributed by atoms with Crippen molar-refractivity contribution in [2.45, 2.75) is 83.4 Å². The zero-order valence-corrected chi connectivity index (χ0v) is 13.2. The van der Waals surface area contributed by atoms with Crippen molar-refractivity contribution in [3.8, 4) is 0 Å². The summed E-state index contributed by atoms with van der Waals surface area (Å²) in [6, 6.07) is 0. The van der Waals surface area contributed by atoms with Gasteiger partial charge in [0.15, 0.2) is 0 Å². The van der Waals surface area contributed by atoms with Crippen LogP contribution in [0.4, 0.5) is 0 Å². The van der Waals surface area contributed by atoms with Crippen LogP contribution >= 0.6 is 15.9 Å². The van der Waals surface area contributed by atoms with Gasteiger partial charge in [0, 0.05) is 4.32 Å². The van der Waals surface area contributed by atoms with E-state index in [4.69, 9.17) is 0 Å². The maximum Gasteiger partial charge on any atom is 0.0258 e. The van der Waals surface area contributed by atoms with E-state index in [9.17, 15) is 0 Å². The van der Waals surface area contributed by atoms with Crippen molar-refractivity contribution in [3.63, 3.8) is 0 Å². The van der Waals surface area contributed by atoms with E-state index < -0.39 is 0 Å². The van der Waals surface area contributed by atoms with Gasteiger partial charge in [0.25, 0.3) is 0 Å². The second-order valence-electron chi connectivity index (χ2n) is 6.25. The molecule has 0 heterocycles. The molecule has 1 aliphatic carbocycles. The molecular formula is C15H29Br. The summed E-state index contributed by atoms with van der Waals surface area (Å²) in [5.41, 5.74) is 0.611. The molecule has 0 nitrogen and oxygen atoms in total. The summed E-state index contributed by atoms with van der Waals surface area (Å²) in [6.07, 6.45) is 11.0. The van der Waals surface area contributed by atoms with Crippen LogP contribution in [0.1, 0.15) is 79.1 Å². The third-order valence-corrected chi connectivity index (χ3v) is 5.96. The lowest BCUT2D eigenvalue weighted by atomic mass is 9.75. The van der Waals surface area contributed by atoms with Crippen LogP contribution in [0.5, 0.6) is 0 Å². The van der Waals surface area contributed by atoms with Crippen LogP contribution in [0.25, 0.3) is 0 Å². The molecule has 1 rings (SSSR count). The molecule has 0 bridgehead atoms. The molecule has 1 fully saturated rings. The first kappa shape index (κ1) is 14.5. The Kier molecular flexibility index (Phi) is 5.35. The van der Waals surface area contributed by atoms with Crippen molar-refractivity contribution in [2.75, 3.05) is 0 Å². The molecule has 0 aromatic carbocycles. The molecule has 96 valence electrons. The molecule has 0 N–H and O–H groups in total. The summed E-state index contributed by atoms with van der Waals surface area (Å²) >= 11 is 4.03. The van der Waals surface area contributed by atoms with Crippen molar-refractivity contribution in [1.29, 1.82) is 0 Å². The average Bonchev–Trinajstić information content (AvgIpc) is 2.38. The minimum absolute atomic E-state index is 0.444. The lowest BCUT2D eigenvalue weighted by molar-refractivity contribution is 0.214. The van der Waals surface area contributed by atoms with Crippen molar-refractivity contribution in [3.05, 3.63) is 0 Å². The van der Waals surface area contributed by atoms with Crippen molar-refractivity contribution in [1.82, 2.24) is 0 Å². The highest BCUT2D eigenvalue weighted by molar-refractivity contribution is 9.10. The van der Waals surface area contributed by atoms with E-state index in [0.29, 0.717) is 9.74 Å². The van der Waals surface area contributed by atoms with Gasteiger partial charge in [-0.05, 0) is 49.9 Å². The topological polar surface area (TPSA) is 0 Å². The van der Waals surface area contributed by atoms with Gasteiger partial charge in [-0.25, -0.2) is 0 Å². The van der Waals surface area contributed by atoms with Gasteiger partial charge in [0.05, 0.1) is 0 Å². The van der Waals surface area contributed by atoms with Gasteiger partial charge in [-0.3, -0.25) is 0 Å². The summed E-state index contributed by atoms with van der Waals surface area (Å²) in [7, 11) is 0. The summed E-state index contributed by atoms with van der Waals surface area (Å²) in [5.74, 6) is 0.929. The number of alkyl halides is 1. The molecular weight excluding hydrogens is 260 g/mol. The molecule has 0 radical (unpaired) electrons. The van der Waals surface area contributed by atoms with Crippen LogP contribution in [0.2, 0.25) is 0 Å². The fraction of sp³-hybridized carbons (Fsp3) is 1.00. The van der Waals surface area contributed by atoms with E-state index in [1.54, 1.807) is 0 Å². The number of hydrogen-bond donors (Lipinski definition) is 0. The minimum Gasteiger partial charge on any atom is -0.0853 e. The molecule has 1 saturated carbocycles. The van der Waals surface area contributed by atoms with Gasteiger partial charge in [-0.1, -0.05) is 56.5 Å². The monoisotopic (exact) mass is 288 g/mol. The third kappa shape index (κ3) is 3.75. The smallest absolute Gasteiger partial charge is 0.0258 e. The Bertz CT molecular complexity index is 213. The van der Waals surface area contributed by atoms with Gasteiger partial charge in [-0.15, -0.1) is 0 Å². The van der Waals surface area contributed by atoms with Crippen LogP contribution in [0.3, 0.4) is 0 Å². The lowest BCUT2D eigenvalue weighted by Crippen LogP contribution is -2.21. The molecule has 1 heteroatoms. The molecule has 16 heavy (non-hydrogen) atoms. The fourth-order valence-electron chi connectivity index (χ4n) is 3.46. The maximum atomic E-state index is 4.03. The summed E-state index contributed by atoms with van der Waals surface area (Å²) < 4.78 is 0.444. The first-order valence-electron chi connectivity index (χ1n) is 7.16. The Hall–Kier alpha value is 0.480. The first-order valence-corrected chi connectivity index (χ1v) is 7.95. The SMILES string of the molecule is CCCC1(C)CCC(Br)(CC)CC(CC)C1. The van der Waals surface area contributed by atoms with E-state index in [2.05, 4.69) is 43.6 Å². The van der Waals surface area contributed by atoms with E-state index in [1.807, 2.05) is 0 Å². The Labute approximate surface area is 111 Å². The number of hydrogen-bond acceptors (Lipinski definition) is 0. The Morgan fingerprint density at radius 3 is 2.31 bits per heavy atom. The summed E-state index contributed by atoms with van der Waals surface area (Å²) in [6.45, 7) is 9.56. The van der Waals surface area contributed by atoms with Gasteiger partial charge in [-0.2, -0.15) is 0 Å². The van der Waals surface area contributed by atoms with Gasteiger partial charge in [0.1, 0.15) is 0 Å². The summed E-state index contributed by atoms with van der Waals surface area (Å²) in [5, 5.41) is 0. The molecule has 0 spiro atoms. The molecule has 3 atom stereocenters. The van der Waals surface area contributed by atoms with Crippen LogP contribution in [0, 0.1) is 11.3 Å². The van der Waals surface area contributed by atoms with Crippen LogP contribution in [0.15, 0.2) is 0 Å². The van der Waals surface area contributed by atoms with Crippen LogP contribution in [-0.2, 0) is 0 Å². The Morgan fingerprint density at radius 2 is 1.81 bits per heavy atom. The third-order valence-electron chi connectivity index (χ3n) is 4.68. The zero-order valence-electron chi connectivity index (χ0n) is 11.6. The summed E-state index contributed by atoms with van der Waals surface area (Å²) in [4.78, 5) is 0. The normalized spacial score (nSPS) is 40.7.